The normalized spacial score (nSPS) is 16.1. The summed E-state index contributed by atoms with van der Waals surface area (Å²) >= 11 is 0. The van der Waals surface area contributed by atoms with Crippen LogP contribution in [0.2, 0.25) is 0 Å². The van der Waals surface area contributed by atoms with E-state index in [9.17, 15) is 4.79 Å². The lowest BCUT2D eigenvalue weighted by atomic mass is 10.2. The summed E-state index contributed by atoms with van der Waals surface area (Å²) in [6, 6.07) is 0.460. The van der Waals surface area contributed by atoms with Crippen LogP contribution in [0, 0.1) is 0 Å². The van der Waals surface area contributed by atoms with Gasteiger partial charge in [0.25, 0.3) is 0 Å². The van der Waals surface area contributed by atoms with Gasteiger partial charge in [-0.05, 0) is 12.8 Å². The number of nitrogens with one attached hydrogen (secondary N) is 1. The van der Waals surface area contributed by atoms with Crippen LogP contribution in [-0.4, -0.2) is 29.1 Å². The zero-order valence-electron chi connectivity index (χ0n) is 9.27. The molecule has 1 aromatic heterocycles. The number of hydrogen-bond acceptors (Lipinski definition) is 5. The number of carbonyl (C=O) groups excluding carboxylic acids is 1. The van der Waals surface area contributed by atoms with E-state index in [1.54, 1.807) is 6.20 Å². The molecule has 0 atom stereocenters. The summed E-state index contributed by atoms with van der Waals surface area (Å²) in [5.74, 6) is 0.192. The molecule has 0 aromatic carbocycles. The van der Waals surface area contributed by atoms with Crippen molar-refractivity contribution in [2.24, 2.45) is 0 Å². The number of nitrogens with zero attached hydrogens (tertiary/aromatic N) is 2. The molecule has 2 rings (SSSR count). The Bertz CT molecular complexity index is 375. The van der Waals surface area contributed by atoms with Crippen LogP contribution >= 0.6 is 0 Å². The van der Waals surface area contributed by atoms with Gasteiger partial charge in [0.2, 0.25) is 0 Å². The lowest BCUT2D eigenvalue weighted by molar-refractivity contribution is 0.0593. The van der Waals surface area contributed by atoms with Gasteiger partial charge in [-0.1, -0.05) is 12.8 Å². The summed E-state index contributed by atoms with van der Waals surface area (Å²) in [6.07, 6.45) is 7.86. The van der Waals surface area contributed by atoms with Crippen LogP contribution in [0.15, 0.2) is 12.4 Å². The molecule has 86 valence electrons. The van der Waals surface area contributed by atoms with E-state index >= 15 is 0 Å². The Labute approximate surface area is 94.2 Å². The molecule has 1 fully saturated rings. The Morgan fingerprint density at radius 2 is 2.19 bits per heavy atom. The molecule has 1 aliphatic rings. The summed E-state index contributed by atoms with van der Waals surface area (Å²) in [5, 5.41) is 3.28. The van der Waals surface area contributed by atoms with Gasteiger partial charge >= 0.3 is 5.97 Å². The molecule has 0 spiro atoms. The average molecular weight is 221 g/mol. The van der Waals surface area contributed by atoms with E-state index in [1.165, 1.54) is 26.1 Å². The van der Waals surface area contributed by atoms with Crippen molar-refractivity contribution in [2.45, 2.75) is 31.7 Å². The Balaban J connectivity index is 2.06. The molecule has 1 saturated carbocycles. The van der Waals surface area contributed by atoms with Crippen LogP contribution in [0.25, 0.3) is 0 Å². The smallest absolute Gasteiger partial charge is 0.358 e. The van der Waals surface area contributed by atoms with Crippen molar-refractivity contribution in [3.63, 3.8) is 0 Å². The molecule has 0 unspecified atom stereocenters. The maximum atomic E-state index is 11.3. The SMILES string of the molecule is COC(=O)c1cncc(NC2CCCC2)n1. The molecule has 1 aliphatic carbocycles. The Hall–Kier alpha value is -1.65. The molecule has 16 heavy (non-hydrogen) atoms. The predicted molar refractivity (Wildman–Crippen MR) is 59.3 cm³/mol. The highest BCUT2D eigenvalue weighted by Gasteiger charge is 2.16. The number of carbonyl (C=O) groups is 1. The minimum atomic E-state index is -0.456. The third-order valence-electron chi connectivity index (χ3n) is 2.74. The molecule has 1 aromatic rings. The number of ether oxygens (including phenoxy) is 1. The molecular formula is C11H15N3O2. The van der Waals surface area contributed by atoms with Gasteiger partial charge in [0.05, 0.1) is 19.5 Å². The fourth-order valence-electron chi connectivity index (χ4n) is 1.92. The van der Waals surface area contributed by atoms with Crippen molar-refractivity contribution >= 4 is 11.8 Å². The van der Waals surface area contributed by atoms with Crippen molar-refractivity contribution in [2.75, 3.05) is 12.4 Å². The minimum Gasteiger partial charge on any atom is -0.464 e. The number of aromatic nitrogens is 2. The number of methoxy groups -OCH3 is 1. The number of rotatable bonds is 3. The van der Waals surface area contributed by atoms with Crippen LogP contribution in [0.4, 0.5) is 5.82 Å². The summed E-state index contributed by atoms with van der Waals surface area (Å²) in [7, 11) is 1.33. The lowest BCUT2D eigenvalue weighted by Crippen LogP contribution is -2.17. The monoisotopic (exact) mass is 221 g/mol. The largest absolute Gasteiger partial charge is 0.464 e. The zero-order chi connectivity index (χ0) is 11.4. The summed E-state index contributed by atoms with van der Waals surface area (Å²) in [6.45, 7) is 0. The van der Waals surface area contributed by atoms with E-state index in [0.29, 0.717) is 11.9 Å². The third kappa shape index (κ3) is 2.48. The molecule has 0 bridgehead atoms. The van der Waals surface area contributed by atoms with E-state index in [1.807, 2.05) is 0 Å². The predicted octanol–water partition coefficient (Wildman–Crippen LogP) is 1.62. The summed E-state index contributed by atoms with van der Waals surface area (Å²) in [5.41, 5.74) is 0.241. The van der Waals surface area contributed by atoms with Crippen LogP contribution in [0.1, 0.15) is 36.2 Å². The average Bonchev–Trinajstić information content (AvgIpc) is 2.81. The summed E-state index contributed by atoms with van der Waals surface area (Å²) in [4.78, 5) is 19.4. The first-order valence-electron chi connectivity index (χ1n) is 5.46. The van der Waals surface area contributed by atoms with Gasteiger partial charge < -0.3 is 10.1 Å². The Kier molecular flexibility index (Phi) is 3.34. The molecule has 0 saturated heterocycles. The highest BCUT2D eigenvalue weighted by atomic mass is 16.5. The lowest BCUT2D eigenvalue weighted by Gasteiger charge is -2.12. The highest BCUT2D eigenvalue weighted by molar-refractivity contribution is 5.87. The zero-order valence-corrected chi connectivity index (χ0v) is 9.27. The van der Waals surface area contributed by atoms with Crippen molar-refractivity contribution < 1.29 is 9.53 Å². The molecule has 1 N–H and O–H groups in total. The van der Waals surface area contributed by atoms with Gasteiger partial charge in [-0.15, -0.1) is 0 Å². The standard InChI is InChI=1S/C11H15N3O2/c1-16-11(15)9-6-12-7-10(14-9)13-8-4-2-3-5-8/h6-8H,2-5H2,1H3,(H,13,14). The first kappa shape index (κ1) is 10.9. The van der Waals surface area contributed by atoms with Crippen molar-refractivity contribution in [3.05, 3.63) is 18.1 Å². The molecular weight excluding hydrogens is 206 g/mol. The Morgan fingerprint density at radius 1 is 1.44 bits per heavy atom. The van der Waals surface area contributed by atoms with Crippen molar-refractivity contribution in [1.29, 1.82) is 0 Å². The van der Waals surface area contributed by atoms with Crippen LogP contribution < -0.4 is 5.32 Å². The van der Waals surface area contributed by atoms with E-state index < -0.39 is 5.97 Å². The maximum absolute atomic E-state index is 11.3. The number of anilines is 1. The van der Waals surface area contributed by atoms with Crippen LogP contribution in [0.3, 0.4) is 0 Å². The van der Waals surface area contributed by atoms with E-state index in [0.717, 1.165) is 12.8 Å². The highest BCUT2D eigenvalue weighted by Crippen LogP contribution is 2.21. The quantitative estimate of drug-likeness (QED) is 0.786. The molecule has 0 amide bonds. The molecule has 5 nitrogen and oxygen atoms in total. The van der Waals surface area contributed by atoms with Gasteiger partial charge in [-0.3, -0.25) is 4.98 Å². The van der Waals surface area contributed by atoms with Gasteiger partial charge in [-0.25, -0.2) is 9.78 Å². The topological polar surface area (TPSA) is 64.1 Å². The van der Waals surface area contributed by atoms with Gasteiger partial charge in [0, 0.05) is 6.04 Å². The van der Waals surface area contributed by atoms with Gasteiger partial charge in [-0.2, -0.15) is 0 Å². The molecule has 0 aliphatic heterocycles. The first-order valence-corrected chi connectivity index (χ1v) is 5.46. The maximum Gasteiger partial charge on any atom is 0.358 e. The van der Waals surface area contributed by atoms with E-state index in [2.05, 4.69) is 20.0 Å². The van der Waals surface area contributed by atoms with Gasteiger partial charge in [0.1, 0.15) is 5.82 Å². The van der Waals surface area contributed by atoms with Crippen LogP contribution in [0.5, 0.6) is 0 Å². The molecule has 0 radical (unpaired) electrons. The summed E-state index contributed by atoms with van der Waals surface area (Å²) < 4.78 is 4.59. The number of esters is 1. The number of hydrogen-bond donors (Lipinski definition) is 1. The first-order chi connectivity index (χ1) is 7.79. The molecule has 5 heteroatoms. The van der Waals surface area contributed by atoms with Gasteiger partial charge in [0.15, 0.2) is 5.69 Å². The van der Waals surface area contributed by atoms with E-state index in [4.69, 9.17) is 0 Å². The second-order valence-corrected chi connectivity index (χ2v) is 3.91. The van der Waals surface area contributed by atoms with Crippen LogP contribution in [-0.2, 0) is 4.74 Å². The fraction of sp³-hybridized carbons (Fsp3) is 0.545. The second-order valence-electron chi connectivity index (χ2n) is 3.91. The minimum absolute atomic E-state index is 0.241. The molecule has 1 heterocycles. The third-order valence-corrected chi connectivity index (χ3v) is 2.74. The van der Waals surface area contributed by atoms with Crippen molar-refractivity contribution in [1.82, 2.24) is 9.97 Å². The van der Waals surface area contributed by atoms with E-state index in [-0.39, 0.29) is 5.69 Å². The fourth-order valence-corrected chi connectivity index (χ4v) is 1.92. The van der Waals surface area contributed by atoms with Crippen molar-refractivity contribution in [3.8, 4) is 0 Å². The second kappa shape index (κ2) is 4.92. The Morgan fingerprint density at radius 3 is 2.88 bits per heavy atom.